The van der Waals surface area contributed by atoms with Gasteiger partial charge in [0.2, 0.25) is 5.91 Å². The van der Waals surface area contributed by atoms with Crippen LogP contribution >= 0.6 is 0 Å². The first kappa shape index (κ1) is 15.3. The molecule has 1 saturated heterocycles. The lowest BCUT2D eigenvalue weighted by Crippen LogP contribution is -2.43. The highest BCUT2D eigenvalue weighted by Crippen LogP contribution is 2.18. The molecule has 0 aromatic heterocycles. The summed E-state index contributed by atoms with van der Waals surface area (Å²) in [7, 11) is 1.65. The zero-order valence-corrected chi connectivity index (χ0v) is 12.0. The van der Waals surface area contributed by atoms with Gasteiger partial charge in [0, 0.05) is 13.6 Å². The van der Waals surface area contributed by atoms with E-state index < -0.39 is 5.97 Å². The second-order valence-corrected chi connectivity index (χ2v) is 4.99. The summed E-state index contributed by atoms with van der Waals surface area (Å²) < 4.78 is 5.58. The van der Waals surface area contributed by atoms with Crippen molar-refractivity contribution in [3.8, 4) is 5.75 Å². The van der Waals surface area contributed by atoms with Crippen LogP contribution in [0.25, 0.3) is 0 Å². The summed E-state index contributed by atoms with van der Waals surface area (Å²) in [6.45, 7) is 1.96. The Morgan fingerprint density at radius 2 is 2.29 bits per heavy atom. The highest BCUT2D eigenvalue weighted by molar-refractivity contribution is 5.88. The van der Waals surface area contributed by atoms with Crippen LogP contribution in [0.5, 0.6) is 5.75 Å². The molecule has 1 aliphatic rings. The second kappa shape index (κ2) is 7.08. The van der Waals surface area contributed by atoms with E-state index in [0.29, 0.717) is 18.9 Å². The van der Waals surface area contributed by atoms with Crippen LogP contribution < -0.4 is 10.1 Å². The van der Waals surface area contributed by atoms with Crippen molar-refractivity contribution in [2.45, 2.75) is 18.9 Å². The summed E-state index contributed by atoms with van der Waals surface area (Å²) in [6, 6.07) is 6.33. The Bertz CT molecular complexity index is 518. The van der Waals surface area contributed by atoms with Gasteiger partial charge < -0.3 is 15.2 Å². The Hall–Kier alpha value is -2.08. The highest BCUT2D eigenvalue weighted by atomic mass is 16.5. The summed E-state index contributed by atoms with van der Waals surface area (Å²) in [5, 5.41) is 11.6. The minimum absolute atomic E-state index is 0.0420. The lowest BCUT2D eigenvalue weighted by Gasteiger charge is -2.22. The average Bonchev–Trinajstić information content (AvgIpc) is 2.95. The number of likely N-dealkylation sites (tertiary alicyclic amines) is 1. The molecule has 0 spiro atoms. The minimum atomic E-state index is -0.973. The van der Waals surface area contributed by atoms with Gasteiger partial charge in [-0.2, -0.15) is 0 Å². The molecule has 0 radical (unpaired) electrons. The predicted octanol–water partition coefficient (Wildman–Crippen LogP) is 0.974. The van der Waals surface area contributed by atoms with Gasteiger partial charge in [0.15, 0.2) is 0 Å². The van der Waals surface area contributed by atoms with Gasteiger partial charge in [-0.1, -0.05) is 6.07 Å². The molecule has 1 aromatic carbocycles. The van der Waals surface area contributed by atoms with Crippen molar-refractivity contribution in [3.63, 3.8) is 0 Å². The van der Waals surface area contributed by atoms with Gasteiger partial charge in [-0.15, -0.1) is 0 Å². The smallest absolute Gasteiger partial charge is 0.335 e. The summed E-state index contributed by atoms with van der Waals surface area (Å²) in [5.41, 5.74) is 0.205. The van der Waals surface area contributed by atoms with Gasteiger partial charge in [-0.05, 0) is 37.6 Å². The van der Waals surface area contributed by atoms with E-state index in [9.17, 15) is 9.59 Å². The molecule has 21 heavy (non-hydrogen) atoms. The standard InChI is InChI=1S/C15H20N2O4/c1-16-14(18)13-6-3-7-17(13)8-9-21-12-5-2-4-11(10-12)15(19)20/h2,4-5,10,13H,3,6-9H2,1H3,(H,16,18)(H,19,20). The number of nitrogens with one attached hydrogen (secondary N) is 1. The first-order valence-corrected chi connectivity index (χ1v) is 7.03. The van der Waals surface area contributed by atoms with E-state index in [0.717, 1.165) is 19.4 Å². The zero-order chi connectivity index (χ0) is 15.2. The molecule has 2 N–H and O–H groups in total. The molecule has 6 nitrogen and oxygen atoms in total. The Kier molecular flexibility index (Phi) is 5.16. The number of carboxylic acids is 1. The fourth-order valence-electron chi connectivity index (χ4n) is 2.56. The molecule has 2 rings (SSSR count). The minimum Gasteiger partial charge on any atom is -0.492 e. The highest BCUT2D eigenvalue weighted by Gasteiger charge is 2.29. The Labute approximate surface area is 123 Å². The van der Waals surface area contributed by atoms with E-state index in [2.05, 4.69) is 10.2 Å². The SMILES string of the molecule is CNC(=O)C1CCCN1CCOc1cccc(C(=O)O)c1. The largest absolute Gasteiger partial charge is 0.492 e. The molecule has 1 unspecified atom stereocenters. The van der Waals surface area contributed by atoms with Crippen LogP contribution in [0.15, 0.2) is 24.3 Å². The third kappa shape index (κ3) is 3.95. The molecule has 0 aliphatic carbocycles. The van der Waals surface area contributed by atoms with Crippen molar-refractivity contribution >= 4 is 11.9 Å². The molecule has 1 aromatic rings. The predicted molar refractivity (Wildman–Crippen MR) is 77.6 cm³/mol. The van der Waals surface area contributed by atoms with Crippen LogP contribution in [-0.4, -0.2) is 54.7 Å². The van der Waals surface area contributed by atoms with Crippen molar-refractivity contribution in [1.29, 1.82) is 0 Å². The van der Waals surface area contributed by atoms with Gasteiger partial charge in [0.05, 0.1) is 11.6 Å². The Morgan fingerprint density at radius 1 is 1.48 bits per heavy atom. The van der Waals surface area contributed by atoms with Crippen LogP contribution in [0, 0.1) is 0 Å². The quantitative estimate of drug-likeness (QED) is 0.817. The maximum absolute atomic E-state index is 11.7. The number of carbonyl (C=O) groups is 2. The van der Waals surface area contributed by atoms with Crippen LogP contribution in [0.1, 0.15) is 23.2 Å². The van der Waals surface area contributed by atoms with E-state index in [-0.39, 0.29) is 17.5 Å². The number of benzene rings is 1. The first-order valence-electron chi connectivity index (χ1n) is 7.03. The van der Waals surface area contributed by atoms with E-state index in [1.165, 1.54) is 12.1 Å². The average molecular weight is 292 g/mol. The molecule has 0 bridgehead atoms. The second-order valence-electron chi connectivity index (χ2n) is 4.99. The van der Waals surface area contributed by atoms with Gasteiger partial charge in [-0.25, -0.2) is 4.79 Å². The molecule has 1 atom stereocenters. The lowest BCUT2D eigenvalue weighted by atomic mass is 10.2. The van der Waals surface area contributed by atoms with Crippen LogP contribution in [0.4, 0.5) is 0 Å². The molecular formula is C15H20N2O4. The topological polar surface area (TPSA) is 78.9 Å². The number of aromatic carboxylic acids is 1. The van der Waals surface area contributed by atoms with Crippen LogP contribution in [0.2, 0.25) is 0 Å². The number of rotatable bonds is 6. The number of hydrogen-bond donors (Lipinski definition) is 2. The Morgan fingerprint density at radius 3 is 3.00 bits per heavy atom. The Balaban J connectivity index is 1.85. The lowest BCUT2D eigenvalue weighted by molar-refractivity contribution is -0.125. The number of hydrogen-bond acceptors (Lipinski definition) is 4. The first-order chi connectivity index (χ1) is 10.1. The number of likely N-dealkylation sites (N-methyl/N-ethyl adjacent to an activating group) is 1. The van der Waals surface area contributed by atoms with E-state index in [1.807, 2.05) is 0 Å². The monoisotopic (exact) mass is 292 g/mol. The summed E-state index contributed by atoms with van der Waals surface area (Å²) in [5.74, 6) is -0.398. The van der Waals surface area contributed by atoms with Gasteiger partial charge in [-0.3, -0.25) is 9.69 Å². The molecule has 1 fully saturated rings. The number of ether oxygens (including phenoxy) is 1. The fraction of sp³-hybridized carbons (Fsp3) is 0.467. The zero-order valence-electron chi connectivity index (χ0n) is 12.0. The molecule has 1 heterocycles. The fourth-order valence-corrected chi connectivity index (χ4v) is 2.56. The number of amides is 1. The molecule has 1 amide bonds. The van der Waals surface area contributed by atoms with Crippen molar-refractivity contribution < 1.29 is 19.4 Å². The molecule has 0 saturated carbocycles. The summed E-state index contributed by atoms with van der Waals surface area (Å²) in [6.07, 6.45) is 1.88. The number of carboxylic acid groups (broad SMARTS) is 1. The van der Waals surface area contributed by atoms with E-state index >= 15 is 0 Å². The normalized spacial score (nSPS) is 18.4. The molecule has 114 valence electrons. The van der Waals surface area contributed by atoms with E-state index in [1.54, 1.807) is 19.2 Å². The van der Waals surface area contributed by atoms with Crippen molar-refractivity contribution in [2.24, 2.45) is 0 Å². The van der Waals surface area contributed by atoms with Crippen LogP contribution in [0.3, 0.4) is 0 Å². The maximum Gasteiger partial charge on any atom is 0.335 e. The third-order valence-electron chi connectivity index (χ3n) is 3.64. The maximum atomic E-state index is 11.7. The van der Waals surface area contributed by atoms with Crippen LogP contribution in [-0.2, 0) is 4.79 Å². The van der Waals surface area contributed by atoms with Gasteiger partial charge >= 0.3 is 5.97 Å². The van der Waals surface area contributed by atoms with Gasteiger partial charge in [0.1, 0.15) is 12.4 Å². The van der Waals surface area contributed by atoms with Crippen molar-refractivity contribution in [3.05, 3.63) is 29.8 Å². The van der Waals surface area contributed by atoms with Crippen molar-refractivity contribution in [1.82, 2.24) is 10.2 Å². The summed E-state index contributed by atoms with van der Waals surface area (Å²) in [4.78, 5) is 24.7. The van der Waals surface area contributed by atoms with E-state index in [4.69, 9.17) is 9.84 Å². The third-order valence-corrected chi connectivity index (χ3v) is 3.64. The molecule has 6 heteroatoms. The van der Waals surface area contributed by atoms with Gasteiger partial charge in [0.25, 0.3) is 0 Å². The van der Waals surface area contributed by atoms with Crippen molar-refractivity contribution in [2.75, 3.05) is 26.7 Å². The number of nitrogens with zero attached hydrogens (tertiary/aromatic N) is 1. The molecular weight excluding hydrogens is 272 g/mol. The molecule has 1 aliphatic heterocycles. The number of carbonyl (C=O) groups excluding carboxylic acids is 1. The summed E-state index contributed by atoms with van der Waals surface area (Å²) >= 11 is 0.